The molecule has 1 amide bonds. The molecule has 0 fully saturated rings. The van der Waals surface area contributed by atoms with Crippen LogP contribution in [0.2, 0.25) is 0 Å². The number of carbonyl (C=O) groups is 1. The highest BCUT2D eigenvalue weighted by Gasteiger charge is 2.28. The van der Waals surface area contributed by atoms with Crippen molar-refractivity contribution in [2.24, 2.45) is 11.1 Å². The molecule has 1 rings (SSSR count). The summed E-state index contributed by atoms with van der Waals surface area (Å²) in [6, 6.07) is 8.31. The van der Waals surface area contributed by atoms with Crippen LogP contribution in [-0.4, -0.2) is 11.9 Å². The summed E-state index contributed by atoms with van der Waals surface area (Å²) in [7, 11) is 0. The second kappa shape index (κ2) is 6.89. The quantitative estimate of drug-likeness (QED) is 0.866. The van der Waals surface area contributed by atoms with Crippen LogP contribution in [0.3, 0.4) is 0 Å². The third-order valence-corrected chi connectivity index (χ3v) is 3.50. The maximum Gasteiger partial charge on any atom is 0.220 e. The first-order chi connectivity index (χ1) is 9.21. The van der Waals surface area contributed by atoms with Crippen molar-refractivity contribution >= 4 is 5.91 Å². The van der Waals surface area contributed by atoms with Gasteiger partial charge in [0.1, 0.15) is 0 Å². The number of benzene rings is 1. The van der Waals surface area contributed by atoms with Crippen molar-refractivity contribution < 1.29 is 4.79 Å². The van der Waals surface area contributed by atoms with E-state index < -0.39 is 0 Å². The van der Waals surface area contributed by atoms with Crippen molar-refractivity contribution in [3.63, 3.8) is 0 Å². The third-order valence-electron chi connectivity index (χ3n) is 3.50. The van der Waals surface area contributed by atoms with Gasteiger partial charge in [-0.2, -0.15) is 0 Å². The molecule has 0 radical (unpaired) electrons. The number of amides is 1. The Kier molecular flexibility index (Phi) is 5.75. The molecule has 0 bridgehead atoms. The number of nitrogens with one attached hydrogen (secondary N) is 1. The Bertz CT molecular complexity index is 447. The zero-order chi connectivity index (χ0) is 15.3. The van der Waals surface area contributed by atoms with Crippen LogP contribution >= 0.6 is 0 Å². The van der Waals surface area contributed by atoms with Gasteiger partial charge in [0.15, 0.2) is 0 Å². The molecule has 3 nitrogen and oxygen atoms in total. The zero-order valence-corrected chi connectivity index (χ0v) is 13.4. The number of carbonyl (C=O) groups excluding carboxylic acids is 1. The molecule has 0 aliphatic rings. The summed E-state index contributed by atoms with van der Waals surface area (Å²) in [5.74, 6) is 0.0745. The summed E-state index contributed by atoms with van der Waals surface area (Å²) in [6.45, 7) is 10.5. The Morgan fingerprint density at radius 3 is 2.40 bits per heavy atom. The molecule has 0 aromatic heterocycles. The lowest BCUT2D eigenvalue weighted by molar-refractivity contribution is -0.122. The maximum atomic E-state index is 12.1. The highest BCUT2D eigenvalue weighted by atomic mass is 16.1. The Labute approximate surface area is 122 Å². The molecule has 0 heterocycles. The van der Waals surface area contributed by atoms with E-state index in [1.807, 2.05) is 19.1 Å². The summed E-state index contributed by atoms with van der Waals surface area (Å²) in [5.41, 5.74) is 8.08. The highest BCUT2D eigenvalue weighted by molar-refractivity contribution is 5.76. The molecule has 2 unspecified atom stereocenters. The van der Waals surface area contributed by atoms with Crippen molar-refractivity contribution in [1.29, 1.82) is 0 Å². The van der Waals surface area contributed by atoms with Crippen molar-refractivity contribution in [2.45, 2.75) is 59.5 Å². The predicted octanol–water partition coefficient (Wildman–Crippen LogP) is 3.33. The lowest BCUT2D eigenvalue weighted by Crippen LogP contribution is -2.37. The minimum Gasteiger partial charge on any atom is -0.349 e. The van der Waals surface area contributed by atoms with Gasteiger partial charge in [-0.1, -0.05) is 45.0 Å². The standard InChI is InChI=1S/C17H28N2O/c1-12-8-6-7-9-14(12)16(17(3,4)5)19-15(20)11-10-13(2)18/h6-9,13,16H,10-11,18H2,1-5H3,(H,19,20). The minimum absolute atomic E-state index is 0.0179. The van der Waals surface area contributed by atoms with E-state index in [4.69, 9.17) is 5.73 Å². The van der Waals surface area contributed by atoms with Gasteiger partial charge in [0.2, 0.25) is 5.91 Å². The third kappa shape index (κ3) is 4.97. The molecule has 20 heavy (non-hydrogen) atoms. The molecular weight excluding hydrogens is 248 g/mol. The largest absolute Gasteiger partial charge is 0.349 e. The van der Waals surface area contributed by atoms with Gasteiger partial charge < -0.3 is 11.1 Å². The number of rotatable bonds is 5. The zero-order valence-electron chi connectivity index (χ0n) is 13.4. The van der Waals surface area contributed by atoms with Gasteiger partial charge in [-0.3, -0.25) is 4.79 Å². The Balaban J connectivity index is 2.87. The smallest absolute Gasteiger partial charge is 0.220 e. The van der Waals surface area contributed by atoms with Crippen LogP contribution in [0.15, 0.2) is 24.3 Å². The van der Waals surface area contributed by atoms with E-state index in [1.165, 1.54) is 11.1 Å². The van der Waals surface area contributed by atoms with Crippen LogP contribution in [0.4, 0.5) is 0 Å². The molecule has 0 spiro atoms. The van der Waals surface area contributed by atoms with Crippen LogP contribution in [0.5, 0.6) is 0 Å². The van der Waals surface area contributed by atoms with E-state index in [-0.39, 0.29) is 23.4 Å². The molecule has 1 aromatic carbocycles. The number of hydrogen-bond donors (Lipinski definition) is 2. The summed E-state index contributed by atoms with van der Waals surface area (Å²) in [6.07, 6.45) is 1.20. The van der Waals surface area contributed by atoms with E-state index >= 15 is 0 Å². The van der Waals surface area contributed by atoms with Crippen LogP contribution in [0, 0.1) is 12.3 Å². The summed E-state index contributed by atoms with van der Waals surface area (Å²) in [4.78, 5) is 12.1. The van der Waals surface area contributed by atoms with E-state index in [0.717, 1.165) is 6.42 Å². The normalized spacial score (nSPS) is 14.7. The Morgan fingerprint density at radius 2 is 1.90 bits per heavy atom. The fourth-order valence-electron chi connectivity index (χ4n) is 2.26. The predicted molar refractivity (Wildman–Crippen MR) is 84.4 cm³/mol. The van der Waals surface area contributed by atoms with Gasteiger partial charge in [-0.25, -0.2) is 0 Å². The average molecular weight is 276 g/mol. The first-order valence-corrected chi connectivity index (χ1v) is 7.32. The fraction of sp³-hybridized carbons (Fsp3) is 0.588. The summed E-state index contributed by atoms with van der Waals surface area (Å²) in [5, 5.41) is 3.17. The van der Waals surface area contributed by atoms with E-state index in [0.29, 0.717) is 6.42 Å². The Morgan fingerprint density at radius 1 is 1.30 bits per heavy atom. The number of hydrogen-bond acceptors (Lipinski definition) is 2. The lowest BCUT2D eigenvalue weighted by atomic mass is 9.80. The first kappa shape index (κ1) is 16.7. The molecule has 1 aromatic rings. The highest BCUT2D eigenvalue weighted by Crippen LogP contribution is 2.34. The monoisotopic (exact) mass is 276 g/mol. The van der Waals surface area contributed by atoms with Gasteiger partial charge in [0.25, 0.3) is 0 Å². The molecule has 2 atom stereocenters. The van der Waals surface area contributed by atoms with Crippen molar-refractivity contribution in [1.82, 2.24) is 5.32 Å². The molecule has 112 valence electrons. The maximum absolute atomic E-state index is 12.1. The van der Waals surface area contributed by atoms with Crippen LogP contribution in [-0.2, 0) is 4.79 Å². The molecular formula is C17H28N2O. The van der Waals surface area contributed by atoms with Crippen LogP contribution in [0.25, 0.3) is 0 Å². The average Bonchev–Trinajstić information content (AvgIpc) is 2.33. The molecule has 0 aliphatic carbocycles. The van der Waals surface area contributed by atoms with Gasteiger partial charge >= 0.3 is 0 Å². The van der Waals surface area contributed by atoms with Crippen molar-refractivity contribution in [3.05, 3.63) is 35.4 Å². The SMILES string of the molecule is Cc1ccccc1C(NC(=O)CCC(C)N)C(C)(C)C. The second-order valence-electron chi connectivity index (χ2n) is 6.74. The van der Waals surface area contributed by atoms with Crippen LogP contribution in [0.1, 0.15) is 57.7 Å². The van der Waals surface area contributed by atoms with E-state index in [9.17, 15) is 4.79 Å². The number of aryl methyl sites for hydroxylation is 1. The topological polar surface area (TPSA) is 55.1 Å². The van der Waals surface area contributed by atoms with Gasteiger partial charge in [-0.15, -0.1) is 0 Å². The minimum atomic E-state index is -0.0316. The van der Waals surface area contributed by atoms with Gasteiger partial charge in [0.05, 0.1) is 6.04 Å². The molecule has 3 N–H and O–H groups in total. The van der Waals surface area contributed by atoms with Crippen molar-refractivity contribution in [2.75, 3.05) is 0 Å². The summed E-state index contributed by atoms with van der Waals surface area (Å²) >= 11 is 0. The van der Waals surface area contributed by atoms with E-state index in [1.54, 1.807) is 0 Å². The fourth-order valence-corrected chi connectivity index (χ4v) is 2.26. The lowest BCUT2D eigenvalue weighted by Gasteiger charge is -2.33. The molecule has 3 heteroatoms. The molecule has 0 aliphatic heterocycles. The van der Waals surface area contributed by atoms with Gasteiger partial charge in [-0.05, 0) is 36.8 Å². The summed E-state index contributed by atoms with van der Waals surface area (Å²) < 4.78 is 0. The second-order valence-corrected chi connectivity index (χ2v) is 6.74. The first-order valence-electron chi connectivity index (χ1n) is 7.32. The van der Waals surface area contributed by atoms with E-state index in [2.05, 4.69) is 45.1 Å². The Hall–Kier alpha value is -1.35. The van der Waals surface area contributed by atoms with Crippen LogP contribution < -0.4 is 11.1 Å². The molecule has 0 saturated heterocycles. The molecule has 0 saturated carbocycles. The number of nitrogens with two attached hydrogens (primary N) is 1. The van der Waals surface area contributed by atoms with Crippen molar-refractivity contribution in [3.8, 4) is 0 Å². The van der Waals surface area contributed by atoms with Gasteiger partial charge in [0, 0.05) is 12.5 Å².